The zero-order valence-electron chi connectivity index (χ0n) is 12.3. The molecular weight excluding hydrogens is 365 g/mol. The van der Waals surface area contributed by atoms with Gasteiger partial charge in [0.05, 0.1) is 5.02 Å². The molecule has 1 amide bonds. The zero-order valence-corrected chi connectivity index (χ0v) is 14.6. The Morgan fingerprint density at radius 1 is 1.09 bits per heavy atom. The van der Waals surface area contributed by atoms with Crippen LogP contribution in [0.15, 0.2) is 23.1 Å². The average Bonchev–Trinajstić information content (AvgIpc) is 2.44. The fourth-order valence-corrected chi connectivity index (χ4v) is 3.58. The van der Waals surface area contributed by atoms with Crippen molar-refractivity contribution in [2.75, 3.05) is 26.2 Å². The lowest BCUT2D eigenvalue weighted by Gasteiger charge is -2.09. The second-order valence-corrected chi connectivity index (χ2v) is 7.24. The number of hydrogen-bond acceptors (Lipinski definition) is 4. The predicted octanol–water partition coefficient (Wildman–Crippen LogP) is 1.91. The Balaban J connectivity index is 2.23. The van der Waals surface area contributed by atoms with E-state index in [1.807, 2.05) is 0 Å². The summed E-state index contributed by atoms with van der Waals surface area (Å²) < 4.78 is 26.6. The van der Waals surface area contributed by atoms with Crippen LogP contribution in [0.25, 0.3) is 0 Å². The molecule has 0 aliphatic rings. The Labute approximate surface area is 145 Å². The van der Waals surface area contributed by atoms with E-state index >= 15 is 0 Å². The van der Waals surface area contributed by atoms with Gasteiger partial charge in [-0.15, -0.1) is 0 Å². The van der Waals surface area contributed by atoms with Gasteiger partial charge in [0.1, 0.15) is 4.90 Å². The highest BCUT2D eigenvalue weighted by Crippen LogP contribution is 2.24. The molecule has 0 spiro atoms. The maximum atomic E-state index is 12.1. The molecule has 0 aromatic heterocycles. The van der Waals surface area contributed by atoms with Gasteiger partial charge in [0.15, 0.2) is 0 Å². The first-order valence-electron chi connectivity index (χ1n) is 6.95. The van der Waals surface area contributed by atoms with Gasteiger partial charge in [-0.2, -0.15) is 0 Å². The van der Waals surface area contributed by atoms with Gasteiger partial charge in [-0.3, -0.25) is 0 Å². The maximum Gasteiger partial charge on any atom is 0.404 e. The van der Waals surface area contributed by atoms with Crippen molar-refractivity contribution in [2.24, 2.45) is 0 Å². The monoisotopic (exact) mass is 383 g/mol. The second-order valence-electron chi connectivity index (χ2n) is 4.66. The van der Waals surface area contributed by atoms with Crippen molar-refractivity contribution in [1.29, 1.82) is 0 Å². The van der Waals surface area contributed by atoms with Crippen LogP contribution in [-0.4, -0.2) is 45.8 Å². The van der Waals surface area contributed by atoms with E-state index in [-0.39, 0.29) is 16.5 Å². The number of benzene rings is 1. The van der Waals surface area contributed by atoms with Crippen molar-refractivity contribution in [3.05, 3.63) is 28.2 Å². The molecule has 1 aromatic carbocycles. The van der Waals surface area contributed by atoms with E-state index in [1.165, 1.54) is 18.2 Å². The minimum atomic E-state index is -3.65. The smallest absolute Gasteiger partial charge is 0.404 e. The average molecular weight is 384 g/mol. The highest BCUT2D eigenvalue weighted by molar-refractivity contribution is 7.89. The lowest BCUT2D eigenvalue weighted by atomic mass is 10.3. The molecule has 10 heteroatoms. The van der Waals surface area contributed by atoms with Crippen LogP contribution in [0.2, 0.25) is 10.0 Å². The fourth-order valence-electron chi connectivity index (χ4n) is 1.74. The third kappa shape index (κ3) is 7.85. The van der Waals surface area contributed by atoms with E-state index < -0.39 is 16.1 Å². The van der Waals surface area contributed by atoms with E-state index in [9.17, 15) is 13.2 Å². The number of nitrogens with one attached hydrogen (secondary N) is 3. The van der Waals surface area contributed by atoms with Crippen molar-refractivity contribution in [2.45, 2.75) is 17.7 Å². The van der Waals surface area contributed by atoms with Crippen molar-refractivity contribution in [3.63, 3.8) is 0 Å². The molecule has 0 saturated heterocycles. The summed E-state index contributed by atoms with van der Waals surface area (Å²) in [6.07, 6.45) is 0.343. The molecule has 0 saturated carbocycles. The predicted molar refractivity (Wildman–Crippen MR) is 89.8 cm³/mol. The molecule has 0 radical (unpaired) electrons. The number of carboxylic acid groups (broad SMARTS) is 1. The largest absolute Gasteiger partial charge is 0.465 e. The van der Waals surface area contributed by atoms with Gasteiger partial charge >= 0.3 is 6.09 Å². The highest BCUT2D eigenvalue weighted by Gasteiger charge is 2.17. The molecule has 0 bridgehead atoms. The third-order valence-corrected chi connectivity index (χ3v) is 5.01. The van der Waals surface area contributed by atoms with E-state index in [1.54, 1.807) is 0 Å². The Bertz CT molecular complexity index is 626. The van der Waals surface area contributed by atoms with Crippen LogP contribution in [0, 0.1) is 0 Å². The number of amides is 1. The number of unbranched alkanes of at least 4 members (excludes halogenated alkanes) is 1. The van der Waals surface area contributed by atoms with Crippen molar-refractivity contribution >= 4 is 39.3 Å². The summed E-state index contributed by atoms with van der Waals surface area (Å²) in [5.74, 6) is 0. The van der Waals surface area contributed by atoms with Crippen LogP contribution in [-0.2, 0) is 10.0 Å². The molecule has 0 atom stereocenters. The minimum absolute atomic E-state index is 0.00133. The van der Waals surface area contributed by atoms with E-state index in [4.69, 9.17) is 28.3 Å². The van der Waals surface area contributed by atoms with Gasteiger partial charge in [-0.25, -0.2) is 17.9 Å². The lowest BCUT2D eigenvalue weighted by Crippen LogP contribution is -2.31. The number of hydrogen-bond donors (Lipinski definition) is 4. The molecule has 0 unspecified atom stereocenters. The van der Waals surface area contributed by atoms with E-state index in [0.717, 1.165) is 6.42 Å². The van der Waals surface area contributed by atoms with Crippen LogP contribution >= 0.6 is 23.2 Å². The summed E-state index contributed by atoms with van der Waals surface area (Å²) in [6, 6.07) is 4.22. The first-order valence-corrected chi connectivity index (χ1v) is 9.19. The molecule has 0 aliphatic heterocycles. The van der Waals surface area contributed by atoms with Gasteiger partial charge in [0, 0.05) is 24.7 Å². The Morgan fingerprint density at radius 3 is 2.43 bits per heavy atom. The molecule has 1 rings (SSSR count). The van der Waals surface area contributed by atoms with Crippen LogP contribution < -0.4 is 15.4 Å². The van der Waals surface area contributed by atoms with Crippen LogP contribution in [0.3, 0.4) is 0 Å². The first kappa shape index (κ1) is 20.0. The second kappa shape index (κ2) is 9.94. The van der Waals surface area contributed by atoms with Crippen LogP contribution in [0.4, 0.5) is 4.79 Å². The molecule has 23 heavy (non-hydrogen) atoms. The van der Waals surface area contributed by atoms with Gasteiger partial charge in [-0.05, 0) is 37.6 Å². The summed E-state index contributed by atoms with van der Waals surface area (Å²) in [7, 11) is -3.65. The molecule has 130 valence electrons. The highest BCUT2D eigenvalue weighted by atomic mass is 35.5. The molecular formula is C13H19Cl2N3O4S. The van der Waals surface area contributed by atoms with Crippen molar-refractivity contribution in [3.8, 4) is 0 Å². The summed E-state index contributed by atoms with van der Waals surface area (Å²) >= 11 is 11.6. The Hall–Kier alpha value is -1.06. The van der Waals surface area contributed by atoms with E-state index in [0.29, 0.717) is 31.1 Å². The number of sulfonamides is 1. The number of carbonyl (C=O) groups is 1. The minimum Gasteiger partial charge on any atom is -0.465 e. The van der Waals surface area contributed by atoms with Crippen LogP contribution in [0.1, 0.15) is 12.8 Å². The zero-order chi connectivity index (χ0) is 17.3. The molecule has 0 heterocycles. The normalized spacial score (nSPS) is 11.4. The third-order valence-electron chi connectivity index (χ3n) is 2.83. The Kier molecular flexibility index (Phi) is 8.64. The fraction of sp³-hybridized carbons (Fsp3) is 0.462. The topological polar surface area (TPSA) is 108 Å². The summed E-state index contributed by atoms with van der Waals surface area (Å²) in [5, 5.41) is 14.1. The summed E-state index contributed by atoms with van der Waals surface area (Å²) in [4.78, 5) is 10.2. The Morgan fingerprint density at radius 2 is 1.78 bits per heavy atom. The van der Waals surface area contributed by atoms with Gasteiger partial charge < -0.3 is 15.7 Å². The molecule has 4 N–H and O–H groups in total. The first-order chi connectivity index (χ1) is 10.8. The summed E-state index contributed by atoms with van der Waals surface area (Å²) in [6.45, 7) is 1.82. The van der Waals surface area contributed by atoms with Crippen LogP contribution in [0.5, 0.6) is 0 Å². The molecule has 0 aliphatic carbocycles. The van der Waals surface area contributed by atoms with E-state index in [2.05, 4.69) is 15.4 Å². The SMILES string of the molecule is O=C(O)NCCNCCCCNS(=O)(=O)c1ccc(Cl)cc1Cl. The molecule has 7 nitrogen and oxygen atoms in total. The van der Waals surface area contributed by atoms with Gasteiger partial charge in [0.2, 0.25) is 10.0 Å². The number of rotatable bonds is 10. The van der Waals surface area contributed by atoms with Crippen molar-refractivity contribution < 1.29 is 18.3 Å². The quantitative estimate of drug-likeness (QED) is 0.461. The van der Waals surface area contributed by atoms with Gasteiger partial charge in [-0.1, -0.05) is 23.2 Å². The van der Waals surface area contributed by atoms with Gasteiger partial charge in [0.25, 0.3) is 0 Å². The molecule has 0 fully saturated rings. The summed E-state index contributed by atoms with van der Waals surface area (Å²) in [5.41, 5.74) is 0. The maximum absolute atomic E-state index is 12.1. The standard InChI is InChI=1S/C13H19Cl2N3O4S/c14-10-3-4-12(11(15)9-10)23(21,22)18-6-2-1-5-16-7-8-17-13(19)20/h3-4,9,16-18H,1-2,5-8H2,(H,19,20). The van der Waals surface area contributed by atoms with Crippen molar-refractivity contribution in [1.82, 2.24) is 15.4 Å². The number of halogens is 2. The lowest BCUT2D eigenvalue weighted by molar-refractivity contribution is 0.194. The molecule has 1 aromatic rings.